The van der Waals surface area contributed by atoms with Crippen LogP contribution in [0.25, 0.3) is 0 Å². The fraction of sp³-hybridized carbons (Fsp3) is 0.583. The van der Waals surface area contributed by atoms with Crippen LogP contribution in [0.4, 0.5) is 0 Å². The molecule has 5 aliphatic rings. The van der Waals surface area contributed by atoms with E-state index in [9.17, 15) is 9.59 Å². The molecule has 0 aromatic heterocycles. The molecule has 3 aliphatic carbocycles. The molecule has 4 heteroatoms. The normalized spacial score (nSPS) is 38.1. The van der Waals surface area contributed by atoms with Crippen molar-refractivity contribution in [2.75, 3.05) is 0 Å². The average Bonchev–Trinajstić information content (AvgIpc) is 3.21. The summed E-state index contributed by atoms with van der Waals surface area (Å²) in [7, 11) is 0. The Hall–Kier alpha value is -2.10. The van der Waals surface area contributed by atoms with Gasteiger partial charge < -0.3 is 9.47 Å². The molecule has 0 bridgehead atoms. The van der Waals surface area contributed by atoms with Gasteiger partial charge in [-0.1, -0.05) is 51.0 Å². The summed E-state index contributed by atoms with van der Waals surface area (Å²) in [6.45, 7) is 4.37. The number of allylic oxidation sites excluding steroid dienone is 2. The molecule has 148 valence electrons. The van der Waals surface area contributed by atoms with Gasteiger partial charge in [-0.3, -0.25) is 0 Å². The minimum absolute atomic E-state index is 0.214. The van der Waals surface area contributed by atoms with E-state index in [0.717, 1.165) is 62.5 Å². The maximum atomic E-state index is 12.9. The van der Waals surface area contributed by atoms with Crippen LogP contribution in [0.3, 0.4) is 0 Å². The van der Waals surface area contributed by atoms with Gasteiger partial charge in [0.2, 0.25) is 0 Å². The second-order valence-corrected chi connectivity index (χ2v) is 8.71. The largest absolute Gasteiger partial charge is 0.446 e. The maximum Gasteiger partial charge on any atom is 0.339 e. The lowest BCUT2D eigenvalue weighted by Crippen LogP contribution is -2.77. The fourth-order valence-electron chi connectivity index (χ4n) is 6.66. The lowest BCUT2D eigenvalue weighted by atomic mass is 9.43. The van der Waals surface area contributed by atoms with Crippen LogP contribution in [0.15, 0.2) is 46.6 Å². The molecule has 0 aromatic rings. The Morgan fingerprint density at radius 1 is 0.821 bits per heavy atom. The van der Waals surface area contributed by atoms with Crippen LogP contribution in [-0.2, 0) is 19.1 Å². The number of carbonyl (C=O) groups is 2. The van der Waals surface area contributed by atoms with Crippen molar-refractivity contribution >= 4 is 11.9 Å². The van der Waals surface area contributed by atoms with Crippen LogP contribution in [0.2, 0.25) is 0 Å². The highest BCUT2D eigenvalue weighted by Crippen LogP contribution is 2.71. The predicted octanol–water partition coefficient (Wildman–Crippen LogP) is 4.72. The zero-order valence-electron chi connectivity index (χ0n) is 16.8. The van der Waals surface area contributed by atoms with Gasteiger partial charge in [-0.25, -0.2) is 9.59 Å². The van der Waals surface area contributed by atoms with Crippen molar-refractivity contribution in [3.63, 3.8) is 0 Å². The van der Waals surface area contributed by atoms with Crippen molar-refractivity contribution in [3.05, 3.63) is 46.6 Å². The van der Waals surface area contributed by atoms with Gasteiger partial charge in [0, 0.05) is 11.8 Å². The SMILES string of the molecule is CCC[C@@H]1[C@H](CCC)[C@@]2(OC(=O)C3=C2CCC=C3)[C@@]12OC(=O)C1=C2CCC=C1. The van der Waals surface area contributed by atoms with Gasteiger partial charge >= 0.3 is 11.9 Å². The van der Waals surface area contributed by atoms with Crippen molar-refractivity contribution in [2.24, 2.45) is 11.8 Å². The highest BCUT2D eigenvalue weighted by molar-refractivity contribution is 6.00. The molecule has 0 radical (unpaired) electrons. The standard InChI is InChI=1S/C24H28O4/c1-3-9-19-20(10-4-2)24(18-14-8-6-12-16(18)22(26)28-24)23(19)17-13-7-5-11-15(17)21(25)27-23/h5-6,11-12,19-20H,3-4,7-10,13-14H2,1-2H3/t19-,20+,23+,24-. The average molecular weight is 380 g/mol. The molecule has 1 saturated carbocycles. The molecule has 5 rings (SSSR count). The molecule has 2 aliphatic heterocycles. The van der Waals surface area contributed by atoms with Crippen molar-refractivity contribution in [2.45, 2.75) is 76.4 Å². The first-order valence-corrected chi connectivity index (χ1v) is 10.9. The number of hydrogen-bond acceptors (Lipinski definition) is 4. The van der Waals surface area contributed by atoms with E-state index < -0.39 is 11.2 Å². The number of carbonyl (C=O) groups excluding carboxylic acids is 2. The first-order chi connectivity index (χ1) is 13.6. The summed E-state index contributed by atoms with van der Waals surface area (Å²) in [5.41, 5.74) is 2.00. The summed E-state index contributed by atoms with van der Waals surface area (Å²) in [6, 6.07) is 0. The van der Waals surface area contributed by atoms with Crippen LogP contribution >= 0.6 is 0 Å². The predicted molar refractivity (Wildman–Crippen MR) is 105 cm³/mol. The minimum Gasteiger partial charge on any atom is -0.446 e. The van der Waals surface area contributed by atoms with E-state index in [1.54, 1.807) is 0 Å². The molecule has 28 heavy (non-hydrogen) atoms. The zero-order chi connectivity index (χ0) is 19.5. The van der Waals surface area contributed by atoms with Gasteiger partial charge in [-0.05, 0) is 49.7 Å². The Labute approximate surface area is 166 Å². The van der Waals surface area contributed by atoms with Gasteiger partial charge in [0.1, 0.15) is 0 Å². The van der Waals surface area contributed by atoms with Crippen molar-refractivity contribution in [1.82, 2.24) is 0 Å². The smallest absolute Gasteiger partial charge is 0.339 e. The molecular formula is C24H28O4. The first kappa shape index (κ1) is 18.0. The molecule has 2 heterocycles. The number of ether oxygens (including phenoxy) is 2. The lowest BCUT2D eigenvalue weighted by Gasteiger charge is -2.65. The Bertz CT molecular complexity index is 801. The summed E-state index contributed by atoms with van der Waals surface area (Å²) in [5, 5.41) is 0. The fourth-order valence-corrected chi connectivity index (χ4v) is 6.66. The Morgan fingerprint density at radius 3 is 1.64 bits per heavy atom. The van der Waals surface area contributed by atoms with Gasteiger partial charge in [-0.15, -0.1) is 0 Å². The van der Waals surface area contributed by atoms with E-state index in [-0.39, 0.29) is 23.8 Å². The third kappa shape index (κ3) is 1.92. The third-order valence-electron chi connectivity index (χ3n) is 7.47. The van der Waals surface area contributed by atoms with E-state index in [2.05, 4.69) is 26.0 Å². The second-order valence-electron chi connectivity index (χ2n) is 8.71. The molecule has 0 amide bonds. The molecule has 2 spiro atoms. The van der Waals surface area contributed by atoms with E-state index in [4.69, 9.17) is 9.47 Å². The highest BCUT2D eigenvalue weighted by atomic mass is 16.6. The van der Waals surface area contributed by atoms with Gasteiger partial charge in [0.25, 0.3) is 0 Å². The summed E-state index contributed by atoms with van der Waals surface area (Å²) in [4.78, 5) is 25.8. The van der Waals surface area contributed by atoms with Gasteiger partial charge in [-0.2, -0.15) is 0 Å². The molecule has 0 unspecified atom stereocenters. The molecule has 0 aromatic carbocycles. The number of esters is 2. The minimum atomic E-state index is -0.794. The van der Waals surface area contributed by atoms with E-state index in [0.29, 0.717) is 11.1 Å². The molecular weight excluding hydrogens is 352 g/mol. The third-order valence-corrected chi connectivity index (χ3v) is 7.47. The van der Waals surface area contributed by atoms with Crippen LogP contribution in [-0.4, -0.2) is 23.1 Å². The van der Waals surface area contributed by atoms with Crippen LogP contribution in [0.1, 0.15) is 65.2 Å². The second kappa shape index (κ2) is 6.20. The molecule has 4 nitrogen and oxygen atoms in total. The summed E-state index contributed by atoms with van der Waals surface area (Å²) in [6.07, 6.45) is 15.4. The molecule has 4 atom stereocenters. The summed E-state index contributed by atoms with van der Waals surface area (Å²) in [5.74, 6) is -0.0485. The number of rotatable bonds is 4. The van der Waals surface area contributed by atoms with Crippen LogP contribution in [0, 0.1) is 11.8 Å². The van der Waals surface area contributed by atoms with Crippen molar-refractivity contribution in [3.8, 4) is 0 Å². The first-order valence-electron chi connectivity index (χ1n) is 10.9. The van der Waals surface area contributed by atoms with Gasteiger partial charge in [0.05, 0.1) is 11.1 Å². The molecule has 0 saturated heterocycles. The summed E-state index contributed by atoms with van der Waals surface area (Å²) >= 11 is 0. The van der Waals surface area contributed by atoms with Gasteiger partial charge in [0.15, 0.2) is 11.2 Å². The molecule has 0 N–H and O–H groups in total. The van der Waals surface area contributed by atoms with Crippen LogP contribution < -0.4 is 0 Å². The van der Waals surface area contributed by atoms with Crippen molar-refractivity contribution in [1.29, 1.82) is 0 Å². The van der Waals surface area contributed by atoms with Crippen molar-refractivity contribution < 1.29 is 19.1 Å². The monoisotopic (exact) mass is 380 g/mol. The quantitative estimate of drug-likeness (QED) is 0.663. The maximum absolute atomic E-state index is 12.9. The van der Waals surface area contributed by atoms with Crippen LogP contribution in [0.5, 0.6) is 0 Å². The van der Waals surface area contributed by atoms with E-state index >= 15 is 0 Å². The van der Waals surface area contributed by atoms with E-state index in [1.165, 1.54) is 0 Å². The summed E-state index contributed by atoms with van der Waals surface area (Å²) < 4.78 is 12.6. The number of fused-ring (bicyclic) bond motifs is 3. The zero-order valence-corrected chi connectivity index (χ0v) is 16.8. The Kier molecular flexibility index (Phi) is 3.98. The Morgan fingerprint density at radius 2 is 1.25 bits per heavy atom. The Balaban J connectivity index is 1.74. The topological polar surface area (TPSA) is 52.6 Å². The lowest BCUT2D eigenvalue weighted by molar-refractivity contribution is -0.275. The molecule has 1 fully saturated rings. The number of hydrogen-bond donors (Lipinski definition) is 0. The highest BCUT2D eigenvalue weighted by Gasteiger charge is 2.82. The van der Waals surface area contributed by atoms with E-state index in [1.807, 2.05) is 12.2 Å².